The molecular formula is C24H19N3O2S. The summed E-state index contributed by atoms with van der Waals surface area (Å²) >= 11 is 1.59. The zero-order valence-corrected chi connectivity index (χ0v) is 17.1. The molecule has 0 amide bonds. The van der Waals surface area contributed by atoms with Crippen molar-refractivity contribution in [3.63, 3.8) is 0 Å². The first-order valence-electron chi connectivity index (χ1n) is 9.55. The summed E-state index contributed by atoms with van der Waals surface area (Å²) < 4.78 is 6.55. The van der Waals surface area contributed by atoms with E-state index in [1.54, 1.807) is 30.7 Å². The van der Waals surface area contributed by atoms with Gasteiger partial charge in [-0.3, -0.25) is 4.98 Å². The number of phenols is 1. The van der Waals surface area contributed by atoms with E-state index in [2.05, 4.69) is 16.4 Å². The summed E-state index contributed by atoms with van der Waals surface area (Å²) in [5, 5.41) is 16.1. The Morgan fingerprint density at radius 3 is 2.73 bits per heavy atom. The van der Waals surface area contributed by atoms with Gasteiger partial charge in [0.05, 0.1) is 28.9 Å². The van der Waals surface area contributed by atoms with Gasteiger partial charge >= 0.3 is 0 Å². The summed E-state index contributed by atoms with van der Waals surface area (Å²) in [4.78, 5) is 9.19. The second-order valence-electron chi connectivity index (χ2n) is 6.91. The van der Waals surface area contributed by atoms with Crippen LogP contribution in [0.1, 0.15) is 17.2 Å². The Kier molecular flexibility index (Phi) is 4.69. The van der Waals surface area contributed by atoms with Gasteiger partial charge in [-0.25, -0.2) is 4.98 Å². The highest BCUT2D eigenvalue weighted by molar-refractivity contribution is 7.22. The van der Waals surface area contributed by atoms with Crippen LogP contribution in [0.5, 0.6) is 11.5 Å². The van der Waals surface area contributed by atoms with Gasteiger partial charge in [0.1, 0.15) is 11.5 Å². The van der Waals surface area contributed by atoms with Gasteiger partial charge in [-0.2, -0.15) is 0 Å². The molecule has 0 spiro atoms. The number of fused-ring (bicyclic) bond motifs is 2. The van der Waals surface area contributed by atoms with Crippen LogP contribution in [0.3, 0.4) is 0 Å². The Morgan fingerprint density at radius 2 is 1.87 bits per heavy atom. The van der Waals surface area contributed by atoms with E-state index in [4.69, 9.17) is 9.72 Å². The van der Waals surface area contributed by atoms with Crippen molar-refractivity contribution in [3.8, 4) is 11.5 Å². The number of rotatable bonds is 5. The molecule has 5 nitrogen and oxygen atoms in total. The number of para-hydroxylation sites is 1. The normalized spacial score (nSPS) is 12.2. The minimum atomic E-state index is -0.339. The topological polar surface area (TPSA) is 67.3 Å². The van der Waals surface area contributed by atoms with Crippen molar-refractivity contribution in [3.05, 3.63) is 90.1 Å². The van der Waals surface area contributed by atoms with Crippen LogP contribution >= 0.6 is 11.3 Å². The van der Waals surface area contributed by atoms with Gasteiger partial charge in [-0.1, -0.05) is 41.7 Å². The van der Waals surface area contributed by atoms with E-state index >= 15 is 0 Å². The van der Waals surface area contributed by atoms with Crippen LogP contribution in [0.4, 0.5) is 5.13 Å². The van der Waals surface area contributed by atoms with Crippen LogP contribution in [-0.2, 0) is 0 Å². The summed E-state index contributed by atoms with van der Waals surface area (Å²) in [6.45, 7) is 0. The number of anilines is 1. The lowest BCUT2D eigenvalue weighted by Gasteiger charge is -2.22. The number of nitrogens with one attached hydrogen (secondary N) is 1. The molecule has 2 aromatic heterocycles. The van der Waals surface area contributed by atoms with Gasteiger partial charge in [0.15, 0.2) is 5.13 Å². The summed E-state index contributed by atoms with van der Waals surface area (Å²) in [5.74, 6) is 0.957. The highest BCUT2D eigenvalue weighted by Gasteiger charge is 2.23. The molecule has 0 aliphatic rings. The van der Waals surface area contributed by atoms with Crippen molar-refractivity contribution < 1.29 is 9.84 Å². The van der Waals surface area contributed by atoms with E-state index in [0.717, 1.165) is 43.1 Å². The average Bonchev–Trinajstić information content (AvgIpc) is 3.20. The van der Waals surface area contributed by atoms with Crippen LogP contribution < -0.4 is 10.1 Å². The number of hydrogen-bond acceptors (Lipinski definition) is 6. The zero-order valence-electron chi connectivity index (χ0n) is 16.2. The smallest absolute Gasteiger partial charge is 0.184 e. The number of nitrogens with zero attached hydrogens (tertiary/aromatic N) is 2. The Bertz CT molecular complexity index is 1320. The fourth-order valence-electron chi connectivity index (χ4n) is 3.67. The number of thiazole rings is 1. The maximum atomic E-state index is 10.9. The Morgan fingerprint density at radius 1 is 0.967 bits per heavy atom. The number of aromatic nitrogens is 2. The second-order valence-corrected chi connectivity index (χ2v) is 7.94. The minimum Gasteiger partial charge on any atom is -0.508 e. The molecule has 1 atom stereocenters. The van der Waals surface area contributed by atoms with E-state index in [-0.39, 0.29) is 11.8 Å². The predicted molar refractivity (Wildman–Crippen MR) is 121 cm³/mol. The van der Waals surface area contributed by atoms with Gasteiger partial charge in [0.2, 0.25) is 0 Å². The molecule has 5 aromatic rings. The number of ether oxygens (including phenoxy) is 1. The van der Waals surface area contributed by atoms with Gasteiger partial charge in [-0.05, 0) is 48.0 Å². The van der Waals surface area contributed by atoms with E-state index in [9.17, 15) is 5.11 Å². The number of aromatic hydroxyl groups is 1. The summed E-state index contributed by atoms with van der Waals surface area (Å²) in [6.07, 6.45) is 1.75. The minimum absolute atomic E-state index is 0.205. The van der Waals surface area contributed by atoms with E-state index < -0.39 is 0 Å². The van der Waals surface area contributed by atoms with E-state index in [0.29, 0.717) is 0 Å². The second kappa shape index (κ2) is 7.65. The Hall–Kier alpha value is -3.64. The molecule has 2 heterocycles. The molecule has 0 fully saturated rings. The SMILES string of the molecule is COc1cccc(C(Nc2nc3ccccc3s2)c2c(O)ccc3ncccc23)c1. The zero-order chi connectivity index (χ0) is 20.5. The van der Waals surface area contributed by atoms with Crippen LogP contribution in [-0.4, -0.2) is 22.2 Å². The molecule has 30 heavy (non-hydrogen) atoms. The lowest BCUT2D eigenvalue weighted by Crippen LogP contribution is -2.13. The predicted octanol–water partition coefficient (Wildman–Crippen LogP) is 5.76. The van der Waals surface area contributed by atoms with Crippen molar-refractivity contribution in [2.75, 3.05) is 12.4 Å². The number of pyridine rings is 1. The van der Waals surface area contributed by atoms with Gasteiger partial charge in [0, 0.05) is 17.1 Å². The third kappa shape index (κ3) is 3.31. The number of hydrogen-bond donors (Lipinski definition) is 2. The third-order valence-electron chi connectivity index (χ3n) is 5.08. The summed E-state index contributed by atoms with van der Waals surface area (Å²) in [6, 6.07) is 22.9. The molecule has 3 aromatic carbocycles. The lowest BCUT2D eigenvalue weighted by molar-refractivity contribution is 0.414. The molecule has 5 rings (SSSR count). The molecule has 148 valence electrons. The van der Waals surface area contributed by atoms with E-state index in [1.165, 1.54) is 0 Å². The van der Waals surface area contributed by atoms with Gasteiger partial charge < -0.3 is 15.2 Å². The van der Waals surface area contributed by atoms with Crippen molar-refractivity contribution >= 4 is 37.6 Å². The lowest BCUT2D eigenvalue weighted by atomic mass is 9.94. The molecule has 0 aliphatic carbocycles. The number of phenolic OH excluding ortho intramolecular Hbond substituents is 1. The molecule has 6 heteroatoms. The monoisotopic (exact) mass is 413 g/mol. The number of methoxy groups -OCH3 is 1. The van der Waals surface area contributed by atoms with Crippen molar-refractivity contribution in [2.45, 2.75) is 6.04 Å². The van der Waals surface area contributed by atoms with Crippen LogP contribution in [0.25, 0.3) is 21.1 Å². The molecule has 0 bridgehead atoms. The van der Waals surface area contributed by atoms with Gasteiger partial charge in [0.25, 0.3) is 0 Å². The molecule has 0 aliphatic heterocycles. The average molecular weight is 414 g/mol. The summed E-state index contributed by atoms with van der Waals surface area (Å²) in [7, 11) is 1.65. The summed E-state index contributed by atoms with van der Waals surface area (Å²) in [5.41, 5.74) is 3.48. The van der Waals surface area contributed by atoms with Crippen molar-refractivity contribution in [1.29, 1.82) is 0 Å². The highest BCUT2D eigenvalue weighted by atomic mass is 32.1. The standard InChI is InChI=1S/C24H19N3O2S/c1-29-16-7-4-6-15(14-16)23(27-24-26-19-9-2-3-10-21(19)30-24)22-17-8-5-13-25-18(17)11-12-20(22)28/h2-14,23,28H,1H3,(H,26,27). The third-order valence-corrected chi connectivity index (χ3v) is 6.05. The molecule has 0 radical (unpaired) electrons. The maximum absolute atomic E-state index is 10.9. The molecule has 0 saturated heterocycles. The molecule has 1 unspecified atom stereocenters. The van der Waals surface area contributed by atoms with Crippen LogP contribution in [0.2, 0.25) is 0 Å². The first-order valence-corrected chi connectivity index (χ1v) is 10.4. The molecule has 2 N–H and O–H groups in total. The van der Waals surface area contributed by atoms with E-state index in [1.807, 2.05) is 60.7 Å². The Balaban J connectivity index is 1.70. The number of benzene rings is 3. The maximum Gasteiger partial charge on any atom is 0.184 e. The largest absolute Gasteiger partial charge is 0.508 e. The van der Waals surface area contributed by atoms with Crippen LogP contribution in [0, 0.1) is 0 Å². The fraction of sp³-hybridized carbons (Fsp3) is 0.0833. The quantitative estimate of drug-likeness (QED) is 0.383. The molecule has 0 saturated carbocycles. The fourth-order valence-corrected chi connectivity index (χ4v) is 4.56. The first-order chi connectivity index (χ1) is 14.7. The van der Waals surface area contributed by atoms with Crippen molar-refractivity contribution in [2.24, 2.45) is 0 Å². The van der Waals surface area contributed by atoms with Gasteiger partial charge in [-0.15, -0.1) is 0 Å². The Labute approximate surface area is 177 Å². The van der Waals surface area contributed by atoms with Crippen molar-refractivity contribution in [1.82, 2.24) is 9.97 Å². The molecular weight excluding hydrogens is 394 g/mol. The van der Waals surface area contributed by atoms with Crippen LogP contribution in [0.15, 0.2) is 79.0 Å². The first kappa shape index (κ1) is 18.4. The highest BCUT2D eigenvalue weighted by Crippen LogP contribution is 2.39.